The van der Waals surface area contributed by atoms with E-state index in [1.54, 1.807) is 6.07 Å². The Morgan fingerprint density at radius 2 is 2.00 bits per heavy atom. The fourth-order valence-corrected chi connectivity index (χ4v) is 2.65. The average molecular weight is 373 g/mol. The number of halogens is 3. The lowest BCUT2D eigenvalue weighted by Crippen LogP contribution is -2.02. The number of hydrogen-bond donors (Lipinski definition) is 1. The Labute approximate surface area is 137 Å². The largest absolute Gasteiger partial charge is 0.494 e. The highest BCUT2D eigenvalue weighted by Crippen LogP contribution is 2.25. The molecule has 0 aliphatic heterocycles. The summed E-state index contributed by atoms with van der Waals surface area (Å²) in [7, 11) is 0. The summed E-state index contributed by atoms with van der Waals surface area (Å²) in [6.45, 7) is 3.14. The third kappa shape index (κ3) is 4.35. The lowest BCUT2D eigenvalue weighted by molar-refractivity contribution is 0.337. The number of alkyl halides is 1. The van der Waals surface area contributed by atoms with Gasteiger partial charge in [0.25, 0.3) is 0 Å². The first-order valence-electron chi connectivity index (χ1n) is 6.63. The van der Waals surface area contributed by atoms with Gasteiger partial charge in [-0.15, -0.1) is 11.6 Å². The Hall–Kier alpha value is -1.26. The number of ether oxygens (including phenoxy) is 1. The van der Waals surface area contributed by atoms with Crippen molar-refractivity contribution in [2.75, 3.05) is 11.9 Å². The Morgan fingerprint density at radius 1 is 1.19 bits per heavy atom. The predicted octanol–water partition coefficient (Wildman–Crippen LogP) is 5.34. The van der Waals surface area contributed by atoms with Gasteiger partial charge in [0.05, 0.1) is 12.5 Å². The van der Waals surface area contributed by atoms with E-state index < -0.39 is 0 Å². The fourth-order valence-electron chi connectivity index (χ4n) is 1.95. The van der Waals surface area contributed by atoms with Crippen molar-refractivity contribution in [2.24, 2.45) is 0 Å². The first-order chi connectivity index (χ1) is 10.1. The van der Waals surface area contributed by atoms with E-state index >= 15 is 0 Å². The van der Waals surface area contributed by atoms with Crippen LogP contribution in [0.5, 0.6) is 5.75 Å². The zero-order chi connectivity index (χ0) is 15.2. The van der Waals surface area contributed by atoms with E-state index in [-0.39, 0.29) is 5.82 Å². The van der Waals surface area contributed by atoms with E-state index in [1.807, 2.05) is 25.1 Å². The summed E-state index contributed by atoms with van der Waals surface area (Å²) in [5.74, 6) is 0.947. The summed E-state index contributed by atoms with van der Waals surface area (Å²) in [6.07, 6.45) is 0. The number of benzene rings is 2. The predicted molar refractivity (Wildman–Crippen MR) is 88.6 cm³/mol. The first-order valence-corrected chi connectivity index (χ1v) is 7.96. The van der Waals surface area contributed by atoms with E-state index in [0.717, 1.165) is 27.0 Å². The van der Waals surface area contributed by atoms with E-state index in [9.17, 15) is 4.39 Å². The first kappa shape index (κ1) is 16.1. The molecule has 0 spiro atoms. The second-order valence-corrected chi connectivity index (χ2v) is 5.60. The van der Waals surface area contributed by atoms with Gasteiger partial charge in [0.15, 0.2) is 0 Å². The molecule has 0 aliphatic carbocycles. The van der Waals surface area contributed by atoms with Crippen LogP contribution in [0.4, 0.5) is 10.1 Å². The van der Waals surface area contributed by atoms with Crippen LogP contribution in [0.1, 0.15) is 18.1 Å². The third-order valence-corrected chi connectivity index (χ3v) is 4.03. The quantitative estimate of drug-likeness (QED) is 0.691. The van der Waals surface area contributed by atoms with Crippen molar-refractivity contribution in [1.29, 1.82) is 0 Å². The van der Waals surface area contributed by atoms with Crippen molar-refractivity contribution >= 4 is 33.2 Å². The molecule has 0 unspecified atom stereocenters. The minimum Gasteiger partial charge on any atom is -0.494 e. The highest BCUT2D eigenvalue weighted by Gasteiger charge is 2.05. The van der Waals surface area contributed by atoms with Gasteiger partial charge in [-0.1, -0.05) is 22.0 Å². The molecular formula is C16H16BrClFNO. The molecule has 2 rings (SSSR count). The molecule has 0 aliphatic rings. The summed E-state index contributed by atoms with van der Waals surface area (Å²) >= 11 is 9.30. The average Bonchev–Trinajstić information content (AvgIpc) is 2.47. The van der Waals surface area contributed by atoms with Crippen LogP contribution in [0.3, 0.4) is 0 Å². The van der Waals surface area contributed by atoms with E-state index in [0.29, 0.717) is 19.0 Å². The molecule has 0 aromatic heterocycles. The molecule has 0 fully saturated rings. The molecular weight excluding hydrogens is 357 g/mol. The summed E-state index contributed by atoms with van der Waals surface area (Å²) in [5.41, 5.74) is 2.88. The molecule has 0 saturated heterocycles. The Morgan fingerprint density at radius 3 is 2.67 bits per heavy atom. The topological polar surface area (TPSA) is 21.3 Å². The Bertz CT molecular complexity index is 621. The standard InChI is InChI=1S/C16H16BrClFNO/c1-2-21-16-6-5-14(7-12(16)9-18)20-10-11-3-4-13(19)8-15(11)17/h3-8,20H,2,9-10H2,1H3. The highest BCUT2D eigenvalue weighted by molar-refractivity contribution is 9.10. The van der Waals surface area contributed by atoms with Crippen molar-refractivity contribution in [3.05, 3.63) is 57.8 Å². The van der Waals surface area contributed by atoms with Gasteiger partial charge in [0.2, 0.25) is 0 Å². The minimum atomic E-state index is -0.254. The van der Waals surface area contributed by atoms with Gasteiger partial charge in [-0.2, -0.15) is 0 Å². The van der Waals surface area contributed by atoms with Crippen LogP contribution < -0.4 is 10.1 Å². The van der Waals surface area contributed by atoms with Crippen LogP contribution in [-0.2, 0) is 12.4 Å². The zero-order valence-electron chi connectivity index (χ0n) is 11.6. The SMILES string of the molecule is CCOc1ccc(NCc2ccc(F)cc2Br)cc1CCl. The Balaban J connectivity index is 2.09. The molecule has 0 radical (unpaired) electrons. The molecule has 2 nitrogen and oxygen atoms in total. The van der Waals surface area contributed by atoms with Crippen LogP contribution in [0, 0.1) is 5.82 Å². The van der Waals surface area contributed by atoms with Crippen LogP contribution >= 0.6 is 27.5 Å². The van der Waals surface area contributed by atoms with Crippen LogP contribution in [0.15, 0.2) is 40.9 Å². The smallest absolute Gasteiger partial charge is 0.124 e. The van der Waals surface area contributed by atoms with Crippen LogP contribution in [-0.4, -0.2) is 6.61 Å². The molecule has 0 atom stereocenters. The number of rotatable bonds is 6. The number of hydrogen-bond acceptors (Lipinski definition) is 2. The van der Waals surface area contributed by atoms with Gasteiger partial charge in [0, 0.05) is 22.3 Å². The van der Waals surface area contributed by atoms with E-state index in [4.69, 9.17) is 16.3 Å². The van der Waals surface area contributed by atoms with Crippen LogP contribution in [0.2, 0.25) is 0 Å². The number of nitrogens with one attached hydrogen (secondary N) is 1. The highest BCUT2D eigenvalue weighted by atomic mass is 79.9. The summed E-state index contributed by atoms with van der Waals surface area (Å²) in [4.78, 5) is 0. The van der Waals surface area contributed by atoms with Crippen molar-refractivity contribution in [1.82, 2.24) is 0 Å². The third-order valence-electron chi connectivity index (χ3n) is 3.00. The molecule has 112 valence electrons. The molecule has 2 aromatic carbocycles. The van der Waals surface area contributed by atoms with Crippen molar-refractivity contribution in [3.8, 4) is 5.75 Å². The Kier molecular flexibility index (Phi) is 5.88. The minimum absolute atomic E-state index is 0.254. The molecule has 0 amide bonds. The van der Waals surface area contributed by atoms with Gasteiger partial charge in [-0.3, -0.25) is 0 Å². The van der Waals surface area contributed by atoms with Gasteiger partial charge < -0.3 is 10.1 Å². The normalized spacial score (nSPS) is 10.5. The number of anilines is 1. The molecule has 0 bridgehead atoms. The van der Waals surface area contributed by atoms with E-state index in [1.165, 1.54) is 12.1 Å². The van der Waals surface area contributed by atoms with Gasteiger partial charge in [-0.25, -0.2) is 4.39 Å². The summed E-state index contributed by atoms with van der Waals surface area (Å²) in [5, 5.41) is 3.30. The molecule has 21 heavy (non-hydrogen) atoms. The van der Waals surface area contributed by atoms with Gasteiger partial charge >= 0.3 is 0 Å². The second kappa shape index (κ2) is 7.66. The van der Waals surface area contributed by atoms with Crippen LogP contribution in [0.25, 0.3) is 0 Å². The lowest BCUT2D eigenvalue weighted by atomic mass is 10.1. The van der Waals surface area contributed by atoms with Crippen molar-refractivity contribution in [3.63, 3.8) is 0 Å². The molecule has 0 saturated carbocycles. The maximum absolute atomic E-state index is 13.0. The van der Waals surface area contributed by atoms with Gasteiger partial charge in [-0.05, 0) is 42.8 Å². The molecule has 5 heteroatoms. The lowest BCUT2D eigenvalue weighted by Gasteiger charge is -2.12. The zero-order valence-corrected chi connectivity index (χ0v) is 14.0. The maximum atomic E-state index is 13.0. The summed E-state index contributed by atoms with van der Waals surface area (Å²) in [6, 6.07) is 10.5. The monoisotopic (exact) mass is 371 g/mol. The van der Waals surface area contributed by atoms with Crippen molar-refractivity contribution in [2.45, 2.75) is 19.3 Å². The fraction of sp³-hybridized carbons (Fsp3) is 0.250. The van der Waals surface area contributed by atoms with E-state index in [2.05, 4.69) is 21.2 Å². The van der Waals surface area contributed by atoms with Gasteiger partial charge in [0.1, 0.15) is 11.6 Å². The molecule has 1 N–H and O–H groups in total. The van der Waals surface area contributed by atoms with Crippen molar-refractivity contribution < 1.29 is 9.13 Å². The molecule has 0 heterocycles. The maximum Gasteiger partial charge on any atom is 0.124 e. The molecule has 2 aromatic rings. The summed E-state index contributed by atoms with van der Waals surface area (Å²) < 4.78 is 19.3. The second-order valence-electron chi connectivity index (χ2n) is 4.48.